The van der Waals surface area contributed by atoms with Gasteiger partial charge in [-0.15, -0.1) is 0 Å². The standard InChI is InChI=1S/C16H17N5/c1-11-7-8-18-9-12(11)10-19-15-13-5-3-4-6-14(13)20-16(17-2)21-15/h3-9H,10H2,1-2H3,(H2,17,19,20,21). The third-order valence-corrected chi connectivity index (χ3v) is 3.42. The number of nitrogens with one attached hydrogen (secondary N) is 2. The van der Waals surface area contributed by atoms with E-state index in [9.17, 15) is 0 Å². The van der Waals surface area contributed by atoms with Gasteiger partial charge in [0.25, 0.3) is 0 Å². The summed E-state index contributed by atoms with van der Waals surface area (Å²) in [5, 5.41) is 7.39. The van der Waals surface area contributed by atoms with E-state index in [-0.39, 0.29) is 0 Å². The number of nitrogens with zero attached hydrogens (tertiary/aromatic N) is 3. The van der Waals surface area contributed by atoms with E-state index in [4.69, 9.17) is 0 Å². The Hall–Kier alpha value is -2.69. The fourth-order valence-electron chi connectivity index (χ4n) is 2.18. The molecule has 0 unspecified atom stereocenters. The quantitative estimate of drug-likeness (QED) is 0.768. The molecule has 0 amide bonds. The monoisotopic (exact) mass is 279 g/mol. The molecule has 5 heteroatoms. The topological polar surface area (TPSA) is 62.7 Å². The lowest BCUT2D eigenvalue weighted by Crippen LogP contribution is -2.06. The summed E-state index contributed by atoms with van der Waals surface area (Å²) in [6.07, 6.45) is 3.68. The average Bonchev–Trinajstić information content (AvgIpc) is 2.53. The van der Waals surface area contributed by atoms with Gasteiger partial charge in [0.05, 0.1) is 5.52 Å². The summed E-state index contributed by atoms with van der Waals surface area (Å²) in [4.78, 5) is 13.1. The van der Waals surface area contributed by atoms with E-state index < -0.39 is 0 Å². The van der Waals surface area contributed by atoms with Crippen LogP contribution in [0.3, 0.4) is 0 Å². The number of anilines is 2. The minimum Gasteiger partial charge on any atom is -0.365 e. The van der Waals surface area contributed by atoms with Crippen molar-refractivity contribution >= 4 is 22.7 Å². The van der Waals surface area contributed by atoms with Gasteiger partial charge in [0.1, 0.15) is 5.82 Å². The molecule has 0 saturated heterocycles. The molecule has 2 N–H and O–H groups in total. The van der Waals surface area contributed by atoms with Crippen molar-refractivity contribution in [3.8, 4) is 0 Å². The first-order chi connectivity index (χ1) is 10.3. The Morgan fingerprint density at radius 1 is 1.10 bits per heavy atom. The Morgan fingerprint density at radius 3 is 2.76 bits per heavy atom. The molecule has 106 valence electrons. The van der Waals surface area contributed by atoms with E-state index >= 15 is 0 Å². The first kappa shape index (κ1) is 13.3. The van der Waals surface area contributed by atoms with Crippen molar-refractivity contribution in [1.82, 2.24) is 15.0 Å². The minimum atomic E-state index is 0.610. The summed E-state index contributed by atoms with van der Waals surface area (Å²) in [5.41, 5.74) is 3.29. The van der Waals surface area contributed by atoms with E-state index in [0.29, 0.717) is 12.5 Å². The second kappa shape index (κ2) is 5.75. The molecule has 0 aliphatic rings. The number of benzene rings is 1. The molecule has 0 atom stereocenters. The molecule has 0 spiro atoms. The molecule has 2 heterocycles. The van der Waals surface area contributed by atoms with Crippen LogP contribution in [0.2, 0.25) is 0 Å². The average molecular weight is 279 g/mol. The number of aromatic nitrogens is 3. The summed E-state index contributed by atoms with van der Waals surface area (Å²) < 4.78 is 0. The number of para-hydroxylation sites is 1. The maximum atomic E-state index is 4.51. The largest absolute Gasteiger partial charge is 0.365 e. The normalized spacial score (nSPS) is 10.6. The number of hydrogen-bond donors (Lipinski definition) is 2. The van der Waals surface area contributed by atoms with Crippen LogP contribution in [0.1, 0.15) is 11.1 Å². The molecule has 5 nitrogen and oxygen atoms in total. The number of hydrogen-bond acceptors (Lipinski definition) is 5. The summed E-state index contributed by atoms with van der Waals surface area (Å²) in [6, 6.07) is 9.98. The van der Waals surface area contributed by atoms with Crippen molar-refractivity contribution in [3.63, 3.8) is 0 Å². The van der Waals surface area contributed by atoms with Crippen molar-refractivity contribution in [2.75, 3.05) is 17.7 Å². The molecular weight excluding hydrogens is 262 g/mol. The van der Waals surface area contributed by atoms with Crippen molar-refractivity contribution < 1.29 is 0 Å². The molecule has 1 aromatic carbocycles. The fraction of sp³-hybridized carbons (Fsp3) is 0.188. The molecule has 3 aromatic rings. The third-order valence-electron chi connectivity index (χ3n) is 3.42. The zero-order valence-corrected chi connectivity index (χ0v) is 12.1. The molecule has 0 aliphatic carbocycles. The summed E-state index contributed by atoms with van der Waals surface area (Å²) in [7, 11) is 1.82. The Labute approximate surface area is 123 Å². The van der Waals surface area contributed by atoms with Crippen molar-refractivity contribution in [2.24, 2.45) is 0 Å². The maximum absolute atomic E-state index is 4.51. The molecule has 0 fully saturated rings. The van der Waals surface area contributed by atoms with Gasteiger partial charge in [-0.25, -0.2) is 4.98 Å². The van der Waals surface area contributed by atoms with Crippen LogP contribution in [0.4, 0.5) is 11.8 Å². The number of pyridine rings is 1. The van der Waals surface area contributed by atoms with Gasteiger partial charge in [-0.05, 0) is 36.2 Å². The molecule has 0 saturated carbocycles. The van der Waals surface area contributed by atoms with Gasteiger partial charge in [0, 0.05) is 31.4 Å². The molecule has 3 rings (SSSR count). The fourth-order valence-corrected chi connectivity index (χ4v) is 2.18. The number of aryl methyl sites for hydroxylation is 1. The van der Waals surface area contributed by atoms with Gasteiger partial charge in [0.15, 0.2) is 0 Å². The van der Waals surface area contributed by atoms with Crippen LogP contribution in [0.25, 0.3) is 10.9 Å². The third kappa shape index (κ3) is 2.76. The highest BCUT2D eigenvalue weighted by Crippen LogP contribution is 2.22. The lowest BCUT2D eigenvalue weighted by molar-refractivity contribution is 1.06. The van der Waals surface area contributed by atoms with E-state index in [1.165, 1.54) is 5.56 Å². The van der Waals surface area contributed by atoms with E-state index in [0.717, 1.165) is 22.3 Å². The maximum Gasteiger partial charge on any atom is 0.224 e. The Morgan fingerprint density at radius 2 is 1.95 bits per heavy atom. The predicted octanol–water partition coefficient (Wildman–Crippen LogP) is 2.99. The summed E-state index contributed by atoms with van der Waals surface area (Å²) in [5.74, 6) is 1.44. The predicted molar refractivity (Wildman–Crippen MR) is 85.4 cm³/mol. The smallest absolute Gasteiger partial charge is 0.224 e. The van der Waals surface area contributed by atoms with Gasteiger partial charge >= 0.3 is 0 Å². The zero-order chi connectivity index (χ0) is 14.7. The Balaban J connectivity index is 1.94. The van der Waals surface area contributed by atoms with E-state index in [1.807, 2.05) is 43.6 Å². The lowest BCUT2D eigenvalue weighted by Gasteiger charge is -2.11. The van der Waals surface area contributed by atoms with Crippen LogP contribution in [0, 0.1) is 6.92 Å². The summed E-state index contributed by atoms with van der Waals surface area (Å²) >= 11 is 0. The minimum absolute atomic E-state index is 0.610. The van der Waals surface area contributed by atoms with Gasteiger partial charge in [-0.1, -0.05) is 12.1 Å². The number of rotatable bonds is 4. The van der Waals surface area contributed by atoms with Crippen LogP contribution in [-0.2, 0) is 6.54 Å². The number of fused-ring (bicyclic) bond motifs is 1. The zero-order valence-electron chi connectivity index (χ0n) is 12.1. The van der Waals surface area contributed by atoms with E-state index in [1.54, 1.807) is 6.20 Å². The van der Waals surface area contributed by atoms with Crippen LogP contribution >= 0.6 is 0 Å². The SMILES string of the molecule is CNc1nc(NCc2cnccc2C)c2ccccc2n1. The highest BCUT2D eigenvalue weighted by Gasteiger charge is 2.07. The van der Waals surface area contributed by atoms with Crippen LogP contribution in [0.5, 0.6) is 0 Å². The first-order valence-electron chi connectivity index (χ1n) is 6.86. The van der Waals surface area contributed by atoms with Crippen molar-refractivity contribution in [2.45, 2.75) is 13.5 Å². The molecule has 2 aromatic heterocycles. The van der Waals surface area contributed by atoms with Crippen LogP contribution in [-0.4, -0.2) is 22.0 Å². The van der Waals surface area contributed by atoms with Crippen LogP contribution < -0.4 is 10.6 Å². The molecule has 0 bridgehead atoms. The molecule has 0 radical (unpaired) electrons. The van der Waals surface area contributed by atoms with Gasteiger partial charge in [0.2, 0.25) is 5.95 Å². The van der Waals surface area contributed by atoms with Gasteiger partial charge in [-0.2, -0.15) is 4.98 Å². The van der Waals surface area contributed by atoms with Gasteiger partial charge < -0.3 is 10.6 Å². The highest BCUT2D eigenvalue weighted by molar-refractivity contribution is 5.89. The van der Waals surface area contributed by atoms with Gasteiger partial charge in [-0.3, -0.25) is 4.98 Å². The van der Waals surface area contributed by atoms with Crippen molar-refractivity contribution in [3.05, 3.63) is 53.9 Å². The summed E-state index contributed by atoms with van der Waals surface area (Å²) in [6.45, 7) is 2.76. The first-order valence-corrected chi connectivity index (χ1v) is 6.86. The lowest BCUT2D eigenvalue weighted by atomic mass is 10.1. The van der Waals surface area contributed by atoms with Crippen LogP contribution in [0.15, 0.2) is 42.7 Å². The Kier molecular flexibility index (Phi) is 3.64. The Bertz CT molecular complexity index is 769. The second-order valence-electron chi connectivity index (χ2n) is 4.82. The highest BCUT2D eigenvalue weighted by atomic mass is 15.1. The van der Waals surface area contributed by atoms with Crippen molar-refractivity contribution in [1.29, 1.82) is 0 Å². The molecule has 21 heavy (non-hydrogen) atoms. The second-order valence-corrected chi connectivity index (χ2v) is 4.82. The molecule has 0 aliphatic heterocycles. The molecular formula is C16H17N5. The van der Waals surface area contributed by atoms with E-state index in [2.05, 4.69) is 32.5 Å².